The van der Waals surface area contributed by atoms with Crippen molar-refractivity contribution in [3.05, 3.63) is 41.0 Å². The van der Waals surface area contributed by atoms with Gasteiger partial charge in [0.2, 0.25) is 0 Å². The minimum absolute atomic E-state index is 0.0745. The van der Waals surface area contributed by atoms with Crippen LogP contribution in [0, 0.1) is 6.92 Å². The van der Waals surface area contributed by atoms with Crippen molar-refractivity contribution < 1.29 is 4.79 Å². The summed E-state index contributed by atoms with van der Waals surface area (Å²) in [5.74, 6) is 0.0745. The van der Waals surface area contributed by atoms with Crippen LogP contribution in [0.2, 0.25) is 0 Å². The van der Waals surface area contributed by atoms with E-state index in [0.29, 0.717) is 18.4 Å². The van der Waals surface area contributed by atoms with Crippen molar-refractivity contribution in [1.29, 1.82) is 0 Å². The van der Waals surface area contributed by atoms with Gasteiger partial charge in [-0.25, -0.2) is 0 Å². The number of carbonyl (C=O) groups excluding carboxylic acids is 1. The summed E-state index contributed by atoms with van der Waals surface area (Å²) in [7, 11) is 0. The van der Waals surface area contributed by atoms with E-state index in [1.165, 1.54) is 0 Å². The Balaban J connectivity index is 2.21. The van der Waals surface area contributed by atoms with Crippen molar-refractivity contribution in [2.45, 2.75) is 40.2 Å². The number of hydrogen-bond donors (Lipinski definition) is 0. The molecule has 0 bridgehead atoms. The van der Waals surface area contributed by atoms with Crippen LogP contribution in [0.15, 0.2) is 18.5 Å². The molecule has 5 heteroatoms. The highest BCUT2D eigenvalue weighted by Gasteiger charge is 2.14. The van der Waals surface area contributed by atoms with Gasteiger partial charge in [-0.1, -0.05) is 6.92 Å². The summed E-state index contributed by atoms with van der Waals surface area (Å²) < 4.78 is 1.82. The first-order valence-corrected chi connectivity index (χ1v) is 6.51. The molecular formula is C14H18N4O. The third kappa shape index (κ3) is 3.05. The first kappa shape index (κ1) is 13.4. The van der Waals surface area contributed by atoms with Crippen molar-refractivity contribution in [1.82, 2.24) is 20.0 Å². The summed E-state index contributed by atoms with van der Waals surface area (Å²) >= 11 is 0. The van der Waals surface area contributed by atoms with E-state index in [4.69, 9.17) is 0 Å². The molecule has 0 fully saturated rings. The number of carbonyl (C=O) groups is 1. The fourth-order valence-electron chi connectivity index (χ4n) is 1.97. The minimum Gasteiger partial charge on any atom is -0.294 e. The molecule has 0 saturated heterocycles. The van der Waals surface area contributed by atoms with E-state index >= 15 is 0 Å². The molecular weight excluding hydrogens is 240 g/mol. The largest absolute Gasteiger partial charge is 0.294 e. The molecule has 0 aliphatic rings. The standard InChI is InChI=1S/C14H18N4O/c1-4-13-12(6-10(3)16-17-13)14(19)7-11-8-15-18(5-2)9-11/h6,8-9H,4-5,7H2,1-3H3. The molecule has 19 heavy (non-hydrogen) atoms. The molecule has 0 unspecified atom stereocenters. The molecule has 0 atom stereocenters. The number of ketones is 1. The van der Waals surface area contributed by atoms with Crippen molar-refractivity contribution in [3.63, 3.8) is 0 Å². The third-order valence-corrected chi connectivity index (χ3v) is 3.00. The lowest BCUT2D eigenvalue weighted by Gasteiger charge is -2.05. The van der Waals surface area contributed by atoms with Crippen LogP contribution in [0.1, 0.15) is 41.2 Å². The maximum absolute atomic E-state index is 12.3. The van der Waals surface area contributed by atoms with E-state index < -0.39 is 0 Å². The Hall–Kier alpha value is -2.04. The summed E-state index contributed by atoms with van der Waals surface area (Å²) in [6, 6.07) is 1.82. The van der Waals surface area contributed by atoms with Crippen LogP contribution in [0.25, 0.3) is 0 Å². The zero-order chi connectivity index (χ0) is 13.8. The normalized spacial score (nSPS) is 10.7. The molecule has 2 rings (SSSR count). The van der Waals surface area contributed by atoms with E-state index in [2.05, 4.69) is 15.3 Å². The molecule has 0 radical (unpaired) electrons. The van der Waals surface area contributed by atoms with Gasteiger partial charge in [-0.2, -0.15) is 15.3 Å². The highest BCUT2D eigenvalue weighted by atomic mass is 16.1. The molecule has 0 aliphatic carbocycles. The zero-order valence-electron chi connectivity index (χ0n) is 11.6. The van der Waals surface area contributed by atoms with Gasteiger partial charge in [-0.3, -0.25) is 9.48 Å². The van der Waals surface area contributed by atoms with Gasteiger partial charge in [-0.15, -0.1) is 0 Å². The minimum atomic E-state index is 0.0745. The van der Waals surface area contributed by atoms with Crippen LogP contribution in [0.3, 0.4) is 0 Å². The summed E-state index contributed by atoms with van der Waals surface area (Å²) in [5, 5.41) is 12.3. The molecule has 5 nitrogen and oxygen atoms in total. The second-order valence-electron chi connectivity index (χ2n) is 4.50. The number of hydrogen-bond acceptors (Lipinski definition) is 4. The summed E-state index contributed by atoms with van der Waals surface area (Å²) in [6.45, 7) is 6.65. The van der Waals surface area contributed by atoms with Crippen molar-refractivity contribution in [2.24, 2.45) is 0 Å². The number of nitrogens with zero attached hydrogens (tertiary/aromatic N) is 4. The molecule has 2 heterocycles. The first-order valence-electron chi connectivity index (χ1n) is 6.51. The highest BCUT2D eigenvalue weighted by Crippen LogP contribution is 2.12. The van der Waals surface area contributed by atoms with Crippen molar-refractivity contribution in [2.75, 3.05) is 0 Å². The molecule has 0 saturated carbocycles. The predicted octanol–water partition coefficient (Wildman–Crippen LogP) is 1.99. The highest BCUT2D eigenvalue weighted by molar-refractivity contribution is 5.98. The lowest BCUT2D eigenvalue weighted by Crippen LogP contribution is -2.10. The number of aryl methyl sites for hydroxylation is 3. The van der Waals surface area contributed by atoms with Gasteiger partial charge in [0.05, 0.1) is 17.6 Å². The molecule has 100 valence electrons. The van der Waals surface area contributed by atoms with Crippen molar-refractivity contribution >= 4 is 5.78 Å². The smallest absolute Gasteiger partial charge is 0.169 e. The maximum atomic E-state index is 12.3. The molecule has 0 N–H and O–H groups in total. The first-order chi connectivity index (χ1) is 9.13. The van der Waals surface area contributed by atoms with Crippen LogP contribution in [0.4, 0.5) is 0 Å². The fraction of sp³-hybridized carbons (Fsp3) is 0.429. The Morgan fingerprint density at radius 2 is 2.11 bits per heavy atom. The van der Waals surface area contributed by atoms with Gasteiger partial charge in [0.25, 0.3) is 0 Å². The number of Topliss-reactive ketones (excluding diaryl/α,β-unsaturated/α-hetero) is 1. The molecule has 0 aromatic carbocycles. The van der Waals surface area contributed by atoms with Crippen LogP contribution in [0.5, 0.6) is 0 Å². The van der Waals surface area contributed by atoms with Crippen LogP contribution >= 0.6 is 0 Å². The summed E-state index contributed by atoms with van der Waals surface area (Å²) in [5.41, 5.74) is 3.14. The van der Waals surface area contributed by atoms with E-state index in [1.54, 1.807) is 6.20 Å². The Morgan fingerprint density at radius 1 is 1.32 bits per heavy atom. The van der Waals surface area contributed by atoms with Crippen LogP contribution in [-0.2, 0) is 19.4 Å². The summed E-state index contributed by atoms with van der Waals surface area (Å²) in [4.78, 5) is 12.3. The van der Waals surface area contributed by atoms with Gasteiger partial charge >= 0.3 is 0 Å². The van der Waals surface area contributed by atoms with Crippen LogP contribution in [-0.4, -0.2) is 25.8 Å². The van der Waals surface area contributed by atoms with E-state index in [-0.39, 0.29) is 5.78 Å². The number of aromatic nitrogens is 4. The monoisotopic (exact) mass is 258 g/mol. The Labute approximate surface area is 112 Å². The Kier molecular flexibility index (Phi) is 4.04. The van der Waals surface area contributed by atoms with E-state index in [1.807, 2.05) is 37.7 Å². The predicted molar refractivity (Wildman–Crippen MR) is 72.1 cm³/mol. The topological polar surface area (TPSA) is 60.7 Å². The quantitative estimate of drug-likeness (QED) is 0.769. The molecule has 0 amide bonds. The molecule has 0 spiro atoms. The zero-order valence-corrected chi connectivity index (χ0v) is 11.6. The molecule has 2 aromatic heterocycles. The van der Waals surface area contributed by atoms with Gasteiger partial charge in [-0.05, 0) is 31.9 Å². The van der Waals surface area contributed by atoms with Gasteiger partial charge in [0.1, 0.15) is 0 Å². The second kappa shape index (κ2) is 5.73. The van der Waals surface area contributed by atoms with E-state index in [9.17, 15) is 4.79 Å². The second-order valence-corrected chi connectivity index (χ2v) is 4.50. The van der Waals surface area contributed by atoms with Gasteiger partial charge in [0.15, 0.2) is 5.78 Å². The maximum Gasteiger partial charge on any atom is 0.169 e. The number of rotatable bonds is 5. The van der Waals surface area contributed by atoms with Crippen LogP contribution < -0.4 is 0 Å². The molecule has 0 aliphatic heterocycles. The Bertz CT molecular complexity index is 589. The van der Waals surface area contributed by atoms with E-state index in [0.717, 1.165) is 23.5 Å². The lowest BCUT2D eigenvalue weighted by atomic mass is 10.0. The third-order valence-electron chi connectivity index (χ3n) is 3.00. The Morgan fingerprint density at radius 3 is 2.74 bits per heavy atom. The molecule has 2 aromatic rings. The SMILES string of the molecule is CCc1nnc(C)cc1C(=O)Cc1cnn(CC)c1. The lowest BCUT2D eigenvalue weighted by molar-refractivity contribution is 0.0991. The van der Waals surface area contributed by atoms with Gasteiger partial charge in [0, 0.05) is 24.7 Å². The fourth-order valence-corrected chi connectivity index (χ4v) is 1.97. The summed E-state index contributed by atoms with van der Waals surface area (Å²) in [6.07, 6.45) is 4.72. The van der Waals surface area contributed by atoms with Crippen molar-refractivity contribution in [3.8, 4) is 0 Å². The average Bonchev–Trinajstić information content (AvgIpc) is 2.86. The van der Waals surface area contributed by atoms with Gasteiger partial charge < -0.3 is 0 Å². The average molecular weight is 258 g/mol.